The van der Waals surface area contributed by atoms with Crippen LogP contribution in [0.2, 0.25) is 0 Å². The van der Waals surface area contributed by atoms with Crippen molar-refractivity contribution in [2.24, 2.45) is 17.6 Å². The second-order valence-corrected chi connectivity index (χ2v) is 6.77. The van der Waals surface area contributed by atoms with Crippen LogP contribution in [-0.2, 0) is 0 Å². The molecule has 3 N–H and O–H groups in total. The Morgan fingerprint density at radius 2 is 2.21 bits per heavy atom. The number of thiocarbonyl (C=S) groups is 1. The first-order valence-corrected chi connectivity index (χ1v) is 8.09. The molecule has 0 spiro atoms. The molecule has 1 fully saturated rings. The SMILES string of the molecule is CCC1CCC(Nc2ccc(Br)cc2C(N)=S)C1C. The van der Waals surface area contributed by atoms with E-state index >= 15 is 0 Å². The zero-order valence-electron chi connectivity index (χ0n) is 11.4. The van der Waals surface area contributed by atoms with Crippen molar-refractivity contribution in [3.63, 3.8) is 0 Å². The van der Waals surface area contributed by atoms with Gasteiger partial charge in [0.15, 0.2) is 0 Å². The molecule has 0 bridgehead atoms. The summed E-state index contributed by atoms with van der Waals surface area (Å²) < 4.78 is 1.01. The molecule has 0 amide bonds. The Bertz CT molecular complexity index is 475. The van der Waals surface area contributed by atoms with Gasteiger partial charge in [-0.1, -0.05) is 48.4 Å². The summed E-state index contributed by atoms with van der Waals surface area (Å²) in [5.41, 5.74) is 7.80. The zero-order valence-corrected chi connectivity index (χ0v) is 13.9. The molecule has 0 saturated heterocycles. The van der Waals surface area contributed by atoms with Crippen molar-refractivity contribution in [2.45, 2.75) is 39.2 Å². The van der Waals surface area contributed by atoms with Gasteiger partial charge in [-0.25, -0.2) is 0 Å². The third-order valence-corrected chi connectivity index (χ3v) is 5.05. The number of rotatable bonds is 4. The fraction of sp³-hybridized carbons (Fsp3) is 0.533. The van der Waals surface area contributed by atoms with Crippen LogP contribution in [0.3, 0.4) is 0 Å². The Morgan fingerprint density at radius 1 is 1.47 bits per heavy atom. The minimum atomic E-state index is 0.446. The molecule has 1 saturated carbocycles. The van der Waals surface area contributed by atoms with E-state index in [1.807, 2.05) is 12.1 Å². The molecule has 0 heterocycles. The first-order valence-electron chi connectivity index (χ1n) is 6.88. The van der Waals surface area contributed by atoms with E-state index in [-0.39, 0.29) is 0 Å². The highest BCUT2D eigenvalue weighted by Gasteiger charge is 2.31. The lowest BCUT2D eigenvalue weighted by Crippen LogP contribution is -2.26. The first kappa shape index (κ1) is 14.8. The van der Waals surface area contributed by atoms with Crippen LogP contribution in [0.4, 0.5) is 5.69 Å². The molecule has 3 unspecified atom stereocenters. The fourth-order valence-corrected chi connectivity index (χ4v) is 3.60. The van der Waals surface area contributed by atoms with E-state index in [4.69, 9.17) is 18.0 Å². The Kier molecular flexibility index (Phi) is 4.85. The smallest absolute Gasteiger partial charge is 0.106 e. The molecule has 3 atom stereocenters. The minimum Gasteiger partial charge on any atom is -0.389 e. The number of anilines is 1. The lowest BCUT2D eigenvalue weighted by Gasteiger charge is -2.23. The summed E-state index contributed by atoms with van der Waals surface area (Å²) in [6.45, 7) is 4.63. The molecular weight excluding hydrogens is 320 g/mol. The monoisotopic (exact) mass is 340 g/mol. The van der Waals surface area contributed by atoms with Gasteiger partial charge in [0.25, 0.3) is 0 Å². The van der Waals surface area contributed by atoms with Gasteiger partial charge in [0.2, 0.25) is 0 Å². The molecule has 0 aromatic heterocycles. The number of hydrogen-bond donors (Lipinski definition) is 2. The molecule has 19 heavy (non-hydrogen) atoms. The Balaban J connectivity index is 2.18. The molecule has 104 valence electrons. The summed E-state index contributed by atoms with van der Waals surface area (Å²) in [7, 11) is 0. The largest absolute Gasteiger partial charge is 0.389 e. The number of halogens is 1. The number of benzene rings is 1. The molecule has 2 rings (SSSR count). The van der Waals surface area contributed by atoms with Gasteiger partial charge < -0.3 is 11.1 Å². The van der Waals surface area contributed by atoms with Crippen LogP contribution in [0.25, 0.3) is 0 Å². The van der Waals surface area contributed by atoms with Crippen molar-refractivity contribution in [2.75, 3.05) is 5.32 Å². The molecule has 1 aromatic rings. The average Bonchev–Trinajstić information content (AvgIpc) is 2.72. The van der Waals surface area contributed by atoms with Crippen molar-refractivity contribution in [1.29, 1.82) is 0 Å². The van der Waals surface area contributed by atoms with Gasteiger partial charge >= 0.3 is 0 Å². The van der Waals surface area contributed by atoms with Crippen LogP contribution in [-0.4, -0.2) is 11.0 Å². The predicted octanol–water partition coefficient (Wildman–Crippen LogP) is 4.32. The van der Waals surface area contributed by atoms with E-state index in [0.717, 1.165) is 21.6 Å². The maximum absolute atomic E-state index is 5.82. The number of hydrogen-bond acceptors (Lipinski definition) is 2. The highest BCUT2D eigenvalue weighted by molar-refractivity contribution is 9.10. The van der Waals surface area contributed by atoms with Crippen molar-refractivity contribution in [3.05, 3.63) is 28.2 Å². The highest BCUT2D eigenvalue weighted by atomic mass is 79.9. The quantitative estimate of drug-likeness (QED) is 0.801. The van der Waals surface area contributed by atoms with Crippen LogP contribution < -0.4 is 11.1 Å². The summed E-state index contributed by atoms with van der Waals surface area (Å²) in [6, 6.07) is 6.60. The number of nitrogens with one attached hydrogen (secondary N) is 1. The number of nitrogens with two attached hydrogens (primary N) is 1. The van der Waals surface area contributed by atoms with Crippen molar-refractivity contribution < 1.29 is 0 Å². The van der Waals surface area contributed by atoms with Crippen molar-refractivity contribution in [1.82, 2.24) is 0 Å². The topological polar surface area (TPSA) is 38.0 Å². The van der Waals surface area contributed by atoms with Crippen LogP contribution >= 0.6 is 28.1 Å². The molecule has 0 aliphatic heterocycles. The summed E-state index contributed by atoms with van der Waals surface area (Å²) >= 11 is 8.61. The molecule has 0 radical (unpaired) electrons. The Morgan fingerprint density at radius 3 is 2.79 bits per heavy atom. The maximum Gasteiger partial charge on any atom is 0.106 e. The lowest BCUT2D eigenvalue weighted by molar-refractivity contribution is 0.392. The van der Waals surface area contributed by atoms with Gasteiger partial charge in [-0.15, -0.1) is 0 Å². The van der Waals surface area contributed by atoms with E-state index in [9.17, 15) is 0 Å². The standard InChI is InChI=1S/C15H21BrN2S/c1-3-10-4-6-13(9(10)2)18-14-7-5-11(16)8-12(14)15(17)19/h5,7-10,13,18H,3-4,6H2,1-2H3,(H2,17,19). The second-order valence-electron chi connectivity index (χ2n) is 5.41. The van der Waals surface area contributed by atoms with E-state index < -0.39 is 0 Å². The van der Waals surface area contributed by atoms with Crippen molar-refractivity contribution in [3.8, 4) is 0 Å². The normalized spacial score (nSPS) is 26.4. The van der Waals surface area contributed by atoms with Crippen LogP contribution in [0, 0.1) is 11.8 Å². The molecule has 4 heteroatoms. The minimum absolute atomic E-state index is 0.446. The molecule has 1 aromatic carbocycles. The third kappa shape index (κ3) is 3.29. The summed E-state index contributed by atoms with van der Waals surface area (Å²) in [5, 5.41) is 3.64. The van der Waals surface area contributed by atoms with E-state index in [2.05, 4.69) is 41.2 Å². The van der Waals surface area contributed by atoms with Crippen LogP contribution in [0.5, 0.6) is 0 Å². The predicted molar refractivity (Wildman–Crippen MR) is 89.6 cm³/mol. The Hall–Kier alpha value is -0.610. The fourth-order valence-electron chi connectivity index (χ4n) is 3.07. The van der Waals surface area contributed by atoms with Gasteiger partial charge in [0.05, 0.1) is 0 Å². The molecular formula is C15H21BrN2S. The van der Waals surface area contributed by atoms with Gasteiger partial charge in [0.1, 0.15) is 4.99 Å². The van der Waals surface area contributed by atoms with Gasteiger partial charge in [-0.05, 0) is 42.9 Å². The van der Waals surface area contributed by atoms with E-state index in [0.29, 0.717) is 16.9 Å². The maximum atomic E-state index is 5.82. The van der Waals surface area contributed by atoms with Crippen molar-refractivity contribution >= 4 is 38.8 Å². The average molecular weight is 341 g/mol. The van der Waals surface area contributed by atoms with Gasteiger partial charge in [0, 0.05) is 21.8 Å². The van der Waals surface area contributed by atoms with E-state index in [1.165, 1.54) is 19.3 Å². The van der Waals surface area contributed by atoms with Gasteiger partial charge in [-0.3, -0.25) is 0 Å². The highest BCUT2D eigenvalue weighted by Crippen LogP contribution is 2.36. The Labute approximate surface area is 129 Å². The third-order valence-electron chi connectivity index (χ3n) is 4.34. The van der Waals surface area contributed by atoms with Crippen LogP contribution in [0.15, 0.2) is 22.7 Å². The summed E-state index contributed by atoms with van der Waals surface area (Å²) in [5.74, 6) is 1.54. The molecule has 1 aliphatic rings. The van der Waals surface area contributed by atoms with Gasteiger partial charge in [-0.2, -0.15) is 0 Å². The molecule has 2 nitrogen and oxygen atoms in total. The summed E-state index contributed by atoms with van der Waals surface area (Å²) in [6.07, 6.45) is 3.81. The molecule has 1 aliphatic carbocycles. The first-order chi connectivity index (χ1) is 9.02. The lowest BCUT2D eigenvalue weighted by atomic mass is 9.93. The second kappa shape index (κ2) is 6.23. The van der Waals surface area contributed by atoms with Crippen LogP contribution in [0.1, 0.15) is 38.7 Å². The summed E-state index contributed by atoms with van der Waals surface area (Å²) in [4.78, 5) is 0.446. The van der Waals surface area contributed by atoms with E-state index in [1.54, 1.807) is 0 Å². The zero-order chi connectivity index (χ0) is 14.0.